The molecule has 4 nitrogen and oxygen atoms in total. The Bertz CT molecular complexity index is 496. The fraction of sp³-hybridized carbons (Fsp3) is 0.500. The summed E-state index contributed by atoms with van der Waals surface area (Å²) < 4.78 is 26.4. The van der Waals surface area contributed by atoms with Gasteiger partial charge in [0.2, 0.25) is 10.0 Å². The van der Waals surface area contributed by atoms with Crippen LogP contribution >= 0.6 is 0 Å². The van der Waals surface area contributed by atoms with Gasteiger partial charge in [-0.05, 0) is 43.5 Å². The van der Waals surface area contributed by atoms with Gasteiger partial charge in [-0.25, -0.2) is 8.42 Å². The molecule has 0 amide bonds. The lowest BCUT2D eigenvalue weighted by molar-refractivity contribution is 0.405. The standard InChI is InChI=1S/C12H18N2O2S/c1-9-7-10(2)14(8-9)17(15,16)12-5-3-11(13)4-6-12/h3-6,9-10H,7-8,13H2,1-2H3. The van der Waals surface area contributed by atoms with Crippen LogP contribution < -0.4 is 5.73 Å². The summed E-state index contributed by atoms with van der Waals surface area (Å²) in [5, 5.41) is 0. The summed E-state index contributed by atoms with van der Waals surface area (Å²) in [6, 6.07) is 6.46. The van der Waals surface area contributed by atoms with Crippen LogP contribution in [-0.2, 0) is 10.0 Å². The quantitative estimate of drug-likeness (QED) is 0.817. The van der Waals surface area contributed by atoms with E-state index in [1.807, 2.05) is 6.92 Å². The van der Waals surface area contributed by atoms with Gasteiger partial charge in [0.25, 0.3) is 0 Å². The van der Waals surface area contributed by atoms with E-state index < -0.39 is 10.0 Å². The second-order valence-corrected chi connectivity index (χ2v) is 6.72. The molecular weight excluding hydrogens is 236 g/mol. The minimum atomic E-state index is -3.36. The van der Waals surface area contributed by atoms with E-state index in [9.17, 15) is 8.42 Å². The molecule has 1 saturated heterocycles. The molecule has 1 aromatic rings. The number of rotatable bonds is 2. The molecule has 0 spiro atoms. The molecule has 0 bridgehead atoms. The van der Waals surface area contributed by atoms with Crippen molar-refractivity contribution < 1.29 is 8.42 Å². The number of nitrogens with two attached hydrogens (primary N) is 1. The van der Waals surface area contributed by atoms with E-state index >= 15 is 0 Å². The van der Waals surface area contributed by atoms with Gasteiger partial charge < -0.3 is 5.73 Å². The first-order valence-electron chi connectivity index (χ1n) is 5.78. The van der Waals surface area contributed by atoms with Gasteiger partial charge in [0.05, 0.1) is 4.90 Å². The number of sulfonamides is 1. The molecule has 1 heterocycles. The molecule has 17 heavy (non-hydrogen) atoms. The highest BCUT2D eigenvalue weighted by Crippen LogP contribution is 2.29. The maximum absolute atomic E-state index is 12.4. The molecule has 5 heteroatoms. The molecule has 2 N–H and O–H groups in total. The van der Waals surface area contributed by atoms with Gasteiger partial charge in [-0.3, -0.25) is 0 Å². The average Bonchev–Trinajstić information content (AvgIpc) is 2.59. The normalized spacial score (nSPS) is 26.2. The summed E-state index contributed by atoms with van der Waals surface area (Å²) in [6.07, 6.45) is 0.925. The highest BCUT2D eigenvalue weighted by atomic mass is 32.2. The van der Waals surface area contributed by atoms with E-state index in [0.717, 1.165) is 6.42 Å². The summed E-state index contributed by atoms with van der Waals surface area (Å²) in [7, 11) is -3.36. The molecule has 2 unspecified atom stereocenters. The molecule has 0 aromatic heterocycles. The monoisotopic (exact) mass is 254 g/mol. The lowest BCUT2D eigenvalue weighted by atomic mass is 10.1. The number of hydrogen-bond donors (Lipinski definition) is 1. The smallest absolute Gasteiger partial charge is 0.243 e. The minimum absolute atomic E-state index is 0.0764. The highest BCUT2D eigenvalue weighted by molar-refractivity contribution is 7.89. The third kappa shape index (κ3) is 2.30. The van der Waals surface area contributed by atoms with Gasteiger partial charge >= 0.3 is 0 Å². The van der Waals surface area contributed by atoms with Crippen LogP contribution in [0, 0.1) is 5.92 Å². The Kier molecular flexibility index (Phi) is 3.14. The van der Waals surface area contributed by atoms with E-state index in [1.165, 1.54) is 0 Å². The van der Waals surface area contributed by atoms with Crippen LogP contribution in [0.1, 0.15) is 20.3 Å². The molecule has 94 valence electrons. The van der Waals surface area contributed by atoms with Gasteiger partial charge in [0, 0.05) is 18.3 Å². The first-order valence-corrected chi connectivity index (χ1v) is 7.22. The summed E-state index contributed by atoms with van der Waals surface area (Å²) >= 11 is 0. The molecule has 0 aliphatic carbocycles. The predicted molar refractivity (Wildman–Crippen MR) is 68.0 cm³/mol. The lowest BCUT2D eigenvalue weighted by Crippen LogP contribution is -2.33. The van der Waals surface area contributed by atoms with Crippen molar-refractivity contribution in [2.45, 2.75) is 31.2 Å². The minimum Gasteiger partial charge on any atom is -0.399 e. The molecule has 0 saturated carbocycles. The zero-order chi connectivity index (χ0) is 12.6. The van der Waals surface area contributed by atoms with Crippen molar-refractivity contribution in [1.29, 1.82) is 0 Å². The van der Waals surface area contributed by atoms with Crippen molar-refractivity contribution in [1.82, 2.24) is 4.31 Å². The summed E-state index contributed by atoms with van der Waals surface area (Å²) in [5.41, 5.74) is 6.14. The van der Waals surface area contributed by atoms with Gasteiger partial charge in [-0.15, -0.1) is 0 Å². The first kappa shape index (κ1) is 12.4. The van der Waals surface area contributed by atoms with Gasteiger partial charge in [-0.2, -0.15) is 4.31 Å². The SMILES string of the molecule is CC1CC(C)N(S(=O)(=O)c2ccc(N)cc2)C1. The lowest BCUT2D eigenvalue weighted by Gasteiger charge is -2.20. The number of anilines is 1. The fourth-order valence-corrected chi connectivity index (χ4v) is 4.13. The van der Waals surface area contributed by atoms with Crippen LogP contribution in [0.2, 0.25) is 0 Å². The van der Waals surface area contributed by atoms with Crippen LogP contribution in [-0.4, -0.2) is 25.3 Å². The summed E-state index contributed by atoms with van der Waals surface area (Å²) in [4.78, 5) is 0.327. The van der Waals surface area contributed by atoms with E-state index in [0.29, 0.717) is 23.0 Å². The molecule has 0 radical (unpaired) electrons. The highest BCUT2D eigenvalue weighted by Gasteiger charge is 2.35. The first-order chi connectivity index (χ1) is 7.91. The van der Waals surface area contributed by atoms with E-state index in [2.05, 4.69) is 6.92 Å². The number of nitrogen functional groups attached to an aromatic ring is 1. The zero-order valence-electron chi connectivity index (χ0n) is 10.1. The number of nitrogens with zero attached hydrogens (tertiary/aromatic N) is 1. The van der Waals surface area contributed by atoms with Crippen LogP contribution in [0.5, 0.6) is 0 Å². The molecule has 1 aromatic carbocycles. The molecule has 2 rings (SSSR count). The maximum Gasteiger partial charge on any atom is 0.243 e. The van der Waals surface area contributed by atoms with Gasteiger partial charge in [0.1, 0.15) is 0 Å². The van der Waals surface area contributed by atoms with Crippen LogP contribution in [0.15, 0.2) is 29.2 Å². The molecule has 2 atom stereocenters. The Labute approximate surface area is 102 Å². The molecular formula is C12H18N2O2S. The average molecular weight is 254 g/mol. The Morgan fingerprint density at radius 2 is 1.82 bits per heavy atom. The Hall–Kier alpha value is -1.07. The van der Waals surface area contributed by atoms with E-state index in [4.69, 9.17) is 5.73 Å². The van der Waals surface area contributed by atoms with Crippen LogP contribution in [0.3, 0.4) is 0 Å². The van der Waals surface area contributed by atoms with Crippen molar-refractivity contribution in [3.8, 4) is 0 Å². The second-order valence-electron chi connectivity index (χ2n) is 4.83. The zero-order valence-corrected chi connectivity index (χ0v) is 10.9. The third-order valence-corrected chi connectivity index (χ3v) is 5.21. The van der Waals surface area contributed by atoms with Crippen molar-refractivity contribution in [2.24, 2.45) is 5.92 Å². The van der Waals surface area contributed by atoms with Crippen molar-refractivity contribution in [3.63, 3.8) is 0 Å². The second kappa shape index (κ2) is 4.31. The van der Waals surface area contributed by atoms with Gasteiger partial charge in [-0.1, -0.05) is 6.92 Å². The Morgan fingerprint density at radius 1 is 1.24 bits per heavy atom. The number of hydrogen-bond acceptors (Lipinski definition) is 3. The Morgan fingerprint density at radius 3 is 2.29 bits per heavy atom. The topological polar surface area (TPSA) is 63.4 Å². The largest absolute Gasteiger partial charge is 0.399 e. The third-order valence-electron chi connectivity index (χ3n) is 3.21. The molecule has 1 fully saturated rings. The van der Waals surface area contributed by atoms with Gasteiger partial charge in [0.15, 0.2) is 0 Å². The van der Waals surface area contributed by atoms with Crippen molar-refractivity contribution >= 4 is 15.7 Å². The summed E-state index contributed by atoms with van der Waals surface area (Å²) in [5.74, 6) is 0.425. The Balaban J connectivity index is 2.33. The van der Waals surface area contributed by atoms with Crippen molar-refractivity contribution in [3.05, 3.63) is 24.3 Å². The molecule has 1 aliphatic rings. The number of benzene rings is 1. The summed E-state index contributed by atoms with van der Waals surface area (Å²) in [6.45, 7) is 4.64. The maximum atomic E-state index is 12.4. The van der Waals surface area contributed by atoms with E-state index in [-0.39, 0.29) is 6.04 Å². The molecule has 1 aliphatic heterocycles. The van der Waals surface area contributed by atoms with Crippen LogP contribution in [0.4, 0.5) is 5.69 Å². The van der Waals surface area contributed by atoms with Crippen molar-refractivity contribution in [2.75, 3.05) is 12.3 Å². The van der Waals surface area contributed by atoms with E-state index in [1.54, 1.807) is 28.6 Å². The predicted octanol–water partition coefficient (Wildman–Crippen LogP) is 1.69. The fourth-order valence-electron chi connectivity index (χ4n) is 2.37. The van der Waals surface area contributed by atoms with Crippen LogP contribution in [0.25, 0.3) is 0 Å².